The fourth-order valence-electron chi connectivity index (χ4n) is 3.29. The molecule has 0 amide bonds. The lowest BCUT2D eigenvalue weighted by Gasteiger charge is -2.22. The smallest absolute Gasteiger partial charge is 0.240 e. The van der Waals surface area contributed by atoms with Crippen LogP contribution in [0.1, 0.15) is 18.1 Å². The minimum atomic E-state index is -3.56. The summed E-state index contributed by atoms with van der Waals surface area (Å²) in [4.78, 5) is 7.18. The number of benzene rings is 2. The van der Waals surface area contributed by atoms with E-state index in [1.54, 1.807) is 18.2 Å². The lowest BCUT2D eigenvalue weighted by Crippen LogP contribution is -2.40. The predicted molar refractivity (Wildman–Crippen MR) is 116 cm³/mol. The first-order chi connectivity index (χ1) is 14.0. The maximum Gasteiger partial charge on any atom is 0.240 e. The number of guanidine groups is 1. The van der Waals surface area contributed by atoms with E-state index >= 15 is 0 Å². The molecule has 1 heterocycles. The molecular formula is C21H28N4O3S. The highest BCUT2D eigenvalue weighted by atomic mass is 32.2. The second-order valence-corrected chi connectivity index (χ2v) is 8.51. The number of ether oxygens (including phenoxy) is 1. The van der Waals surface area contributed by atoms with Gasteiger partial charge in [-0.2, -0.15) is 0 Å². The van der Waals surface area contributed by atoms with Gasteiger partial charge in [-0.05, 0) is 42.7 Å². The fourth-order valence-corrected chi connectivity index (χ4v) is 4.37. The zero-order chi connectivity index (χ0) is 20.7. The Kier molecular flexibility index (Phi) is 7.24. The van der Waals surface area contributed by atoms with Gasteiger partial charge in [0, 0.05) is 32.4 Å². The van der Waals surface area contributed by atoms with Gasteiger partial charge in [-0.15, -0.1) is 0 Å². The molecule has 3 rings (SSSR count). The Morgan fingerprint density at radius 1 is 1.21 bits per heavy atom. The van der Waals surface area contributed by atoms with Crippen molar-refractivity contribution >= 4 is 21.7 Å². The SMILES string of the molecule is CCNC(=NCc1cccc(S(=O)(=O)NCCOC)c1)N1CCc2ccccc21. The monoisotopic (exact) mass is 416 g/mol. The number of methoxy groups -OCH3 is 1. The summed E-state index contributed by atoms with van der Waals surface area (Å²) in [6.07, 6.45) is 0.988. The van der Waals surface area contributed by atoms with Crippen LogP contribution in [0, 0.1) is 0 Å². The molecule has 0 bridgehead atoms. The van der Waals surface area contributed by atoms with Gasteiger partial charge in [-0.3, -0.25) is 0 Å². The van der Waals surface area contributed by atoms with Crippen LogP contribution in [0.15, 0.2) is 58.4 Å². The Hall–Kier alpha value is -2.42. The van der Waals surface area contributed by atoms with E-state index in [-0.39, 0.29) is 11.4 Å². The van der Waals surface area contributed by atoms with Crippen molar-refractivity contribution in [3.63, 3.8) is 0 Å². The average molecular weight is 417 g/mol. The maximum atomic E-state index is 12.4. The summed E-state index contributed by atoms with van der Waals surface area (Å²) in [5.41, 5.74) is 3.32. The van der Waals surface area contributed by atoms with Gasteiger partial charge < -0.3 is 15.0 Å². The predicted octanol–water partition coefficient (Wildman–Crippen LogP) is 2.14. The van der Waals surface area contributed by atoms with Crippen LogP contribution in [0.3, 0.4) is 0 Å². The Morgan fingerprint density at radius 2 is 2.03 bits per heavy atom. The van der Waals surface area contributed by atoms with Gasteiger partial charge in [0.05, 0.1) is 18.0 Å². The highest BCUT2D eigenvalue weighted by Gasteiger charge is 2.22. The molecule has 156 valence electrons. The Labute approximate surface area is 172 Å². The summed E-state index contributed by atoms with van der Waals surface area (Å²) in [5, 5.41) is 3.35. The standard InChI is InChI=1S/C21H28N4O3S/c1-3-22-21(25-13-11-18-8-4-5-10-20(18)25)23-16-17-7-6-9-19(15-17)29(26,27)24-12-14-28-2/h4-10,15,24H,3,11-14,16H2,1-2H3,(H,22,23). The molecule has 0 unspecified atom stereocenters. The number of fused-ring (bicyclic) bond motifs is 1. The van der Waals surface area contributed by atoms with Crippen molar-refractivity contribution in [3.05, 3.63) is 59.7 Å². The Morgan fingerprint density at radius 3 is 2.83 bits per heavy atom. The van der Waals surface area contributed by atoms with Crippen molar-refractivity contribution in [2.75, 3.05) is 38.3 Å². The molecule has 29 heavy (non-hydrogen) atoms. The lowest BCUT2D eigenvalue weighted by atomic mass is 10.2. The number of hydrogen-bond acceptors (Lipinski definition) is 4. The van der Waals surface area contributed by atoms with E-state index in [1.807, 2.05) is 19.1 Å². The van der Waals surface area contributed by atoms with E-state index in [2.05, 4.69) is 33.1 Å². The zero-order valence-electron chi connectivity index (χ0n) is 16.9. The molecule has 2 N–H and O–H groups in total. The van der Waals surface area contributed by atoms with Crippen LogP contribution in [0.2, 0.25) is 0 Å². The number of nitrogens with zero attached hydrogens (tertiary/aromatic N) is 2. The summed E-state index contributed by atoms with van der Waals surface area (Å²) in [6, 6.07) is 15.2. The summed E-state index contributed by atoms with van der Waals surface area (Å²) in [5.74, 6) is 0.809. The van der Waals surface area contributed by atoms with Crippen molar-refractivity contribution < 1.29 is 13.2 Å². The summed E-state index contributed by atoms with van der Waals surface area (Å²) in [7, 11) is -2.03. The second-order valence-electron chi connectivity index (χ2n) is 6.74. The minimum Gasteiger partial charge on any atom is -0.383 e. The average Bonchev–Trinajstić information content (AvgIpc) is 3.15. The third-order valence-corrected chi connectivity index (χ3v) is 6.15. The fraction of sp³-hybridized carbons (Fsp3) is 0.381. The number of rotatable bonds is 8. The second kappa shape index (κ2) is 9.87. The van der Waals surface area contributed by atoms with Crippen LogP contribution >= 0.6 is 0 Å². The number of nitrogens with one attached hydrogen (secondary N) is 2. The number of hydrogen-bond donors (Lipinski definition) is 2. The van der Waals surface area contributed by atoms with E-state index in [1.165, 1.54) is 18.4 Å². The normalized spacial score (nSPS) is 14.1. The van der Waals surface area contributed by atoms with E-state index < -0.39 is 10.0 Å². The number of anilines is 1. The van der Waals surface area contributed by atoms with E-state index in [9.17, 15) is 8.42 Å². The lowest BCUT2D eigenvalue weighted by molar-refractivity contribution is 0.204. The van der Waals surface area contributed by atoms with Crippen molar-refractivity contribution in [2.45, 2.75) is 24.8 Å². The summed E-state index contributed by atoms with van der Waals surface area (Å²) >= 11 is 0. The van der Waals surface area contributed by atoms with Gasteiger partial charge in [0.2, 0.25) is 10.0 Å². The highest BCUT2D eigenvalue weighted by Crippen LogP contribution is 2.27. The number of sulfonamides is 1. The highest BCUT2D eigenvalue weighted by molar-refractivity contribution is 7.89. The molecule has 0 fully saturated rings. The van der Waals surface area contributed by atoms with E-state index in [4.69, 9.17) is 9.73 Å². The molecule has 1 aliphatic rings. The van der Waals surface area contributed by atoms with Gasteiger partial charge in [0.15, 0.2) is 5.96 Å². The van der Waals surface area contributed by atoms with E-state index in [0.717, 1.165) is 31.0 Å². The van der Waals surface area contributed by atoms with Gasteiger partial charge in [-0.25, -0.2) is 18.1 Å². The topological polar surface area (TPSA) is 83.0 Å². The minimum absolute atomic E-state index is 0.234. The summed E-state index contributed by atoms with van der Waals surface area (Å²) < 4.78 is 32.3. The number of para-hydroxylation sites is 1. The molecule has 2 aromatic rings. The van der Waals surface area contributed by atoms with Gasteiger partial charge in [0.25, 0.3) is 0 Å². The first-order valence-electron chi connectivity index (χ1n) is 9.76. The molecule has 8 heteroatoms. The Balaban J connectivity index is 1.77. The van der Waals surface area contributed by atoms with Crippen LogP contribution in [-0.2, 0) is 27.7 Å². The van der Waals surface area contributed by atoms with Crippen LogP contribution in [0.4, 0.5) is 5.69 Å². The van der Waals surface area contributed by atoms with Crippen LogP contribution < -0.4 is 14.9 Å². The number of aliphatic imine (C=N–C) groups is 1. The van der Waals surface area contributed by atoms with Crippen LogP contribution in [0.25, 0.3) is 0 Å². The molecule has 0 aromatic heterocycles. The first kappa shape index (κ1) is 21.3. The molecule has 2 aromatic carbocycles. The zero-order valence-corrected chi connectivity index (χ0v) is 17.7. The molecule has 7 nitrogen and oxygen atoms in total. The molecule has 0 atom stereocenters. The molecular weight excluding hydrogens is 388 g/mol. The largest absolute Gasteiger partial charge is 0.383 e. The van der Waals surface area contributed by atoms with Crippen LogP contribution in [-0.4, -0.2) is 47.7 Å². The quantitative estimate of drug-likeness (QED) is 0.391. The van der Waals surface area contributed by atoms with Crippen molar-refractivity contribution in [2.24, 2.45) is 4.99 Å². The van der Waals surface area contributed by atoms with Crippen molar-refractivity contribution in [3.8, 4) is 0 Å². The van der Waals surface area contributed by atoms with E-state index in [0.29, 0.717) is 13.2 Å². The molecule has 0 aliphatic carbocycles. The molecule has 0 radical (unpaired) electrons. The van der Waals surface area contributed by atoms with Gasteiger partial charge >= 0.3 is 0 Å². The van der Waals surface area contributed by atoms with Crippen LogP contribution in [0.5, 0.6) is 0 Å². The first-order valence-corrected chi connectivity index (χ1v) is 11.2. The van der Waals surface area contributed by atoms with Crippen molar-refractivity contribution in [1.82, 2.24) is 10.0 Å². The maximum absolute atomic E-state index is 12.4. The molecule has 1 aliphatic heterocycles. The summed E-state index contributed by atoms with van der Waals surface area (Å²) in [6.45, 7) is 4.63. The van der Waals surface area contributed by atoms with Gasteiger partial charge in [0.1, 0.15) is 0 Å². The third kappa shape index (κ3) is 5.35. The molecule has 0 saturated carbocycles. The molecule has 0 saturated heterocycles. The third-order valence-electron chi connectivity index (χ3n) is 4.70. The molecule has 0 spiro atoms. The Bertz CT molecular complexity index is 960. The van der Waals surface area contributed by atoms with Gasteiger partial charge in [-0.1, -0.05) is 30.3 Å². The van der Waals surface area contributed by atoms with Crippen molar-refractivity contribution in [1.29, 1.82) is 0 Å².